The van der Waals surface area contributed by atoms with Crippen LogP contribution in [-0.4, -0.2) is 20.0 Å². The van der Waals surface area contributed by atoms with E-state index in [0.717, 1.165) is 27.8 Å². The van der Waals surface area contributed by atoms with Crippen molar-refractivity contribution in [1.82, 2.24) is 15.0 Å². The van der Waals surface area contributed by atoms with Crippen LogP contribution >= 0.6 is 12.2 Å². The third-order valence-corrected chi connectivity index (χ3v) is 3.22. The molecule has 5 heteroatoms. The first-order chi connectivity index (χ1) is 9.16. The summed E-state index contributed by atoms with van der Waals surface area (Å²) in [5, 5.41) is 8.36. The molecular weight excluding hydrogens is 256 g/mol. The largest absolute Gasteiger partial charge is 0.389 e. The summed E-state index contributed by atoms with van der Waals surface area (Å²) in [5.41, 5.74) is 10.4. The summed E-state index contributed by atoms with van der Waals surface area (Å²) in [4.78, 5) is 0.356. The van der Waals surface area contributed by atoms with Crippen molar-refractivity contribution in [3.05, 3.63) is 53.6 Å². The van der Waals surface area contributed by atoms with Crippen LogP contribution in [0.1, 0.15) is 11.1 Å². The van der Waals surface area contributed by atoms with Crippen molar-refractivity contribution < 1.29 is 0 Å². The van der Waals surface area contributed by atoms with E-state index in [1.165, 1.54) is 0 Å². The maximum absolute atomic E-state index is 5.78. The molecule has 0 aliphatic rings. The highest BCUT2D eigenvalue weighted by molar-refractivity contribution is 7.80. The third-order valence-electron chi connectivity index (χ3n) is 3.00. The van der Waals surface area contributed by atoms with Crippen molar-refractivity contribution in [2.45, 2.75) is 6.92 Å². The summed E-state index contributed by atoms with van der Waals surface area (Å²) in [6, 6.07) is 13.7. The highest BCUT2D eigenvalue weighted by Gasteiger charge is 2.12. The van der Waals surface area contributed by atoms with Crippen molar-refractivity contribution in [2.75, 3.05) is 0 Å². The van der Waals surface area contributed by atoms with Crippen LogP contribution in [0.4, 0.5) is 0 Å². The number of thiocarbonyl (C=S) groups is 1. The fraction of sp³-hybridized carbons (Fsp3) is 0.0714. The van der Waals surface area contributed by atoms with Crippen LogP contribution in [0.3, 0.4) is 0 Å². The lowest BCUT2D eigenvalue weighted by molar-refractivity contribution is 0.822. The van der Waals surface area contributed by atoms with Crippen LogP contribution in [0.25, 0.3) is 16.7 Å². The molecule has 0 fully saturated rings. The predicted molar refractivity (Wildman–Crippen MR) is 79.5 cm³/mol. The van der Waals surface area contributed by atoms with Gasteiger partial charge in [-0.3, -0.25) is 0 Å². The zero-order valence-corrected chi connectivity index (χ0v) is 11.2. The second-order valence-electron chi connectivity index (χ2n) is 4.37. The van der Waals surface area contributed by atoms with Gasteiger partial charge >= 0.3 is 0 Å². The number of nitrogens with zero attached hydrogens (tertiary/aromatic N) is 3. The topological polar surface area (TPSA) is 56.7 Å². The molecule has 19 heavy (non-hydrogen) atoms. The Bertz CT molecular complexity index is 776. The molecule has 0 amide bonds. The van der Waals surface area contributed by atoms with Gasteiger partial charge in [0.2, 0.25) is 0 Å². The van der Waals surface area contributed by atoms with E-state index < -0.39 is 0 Å². The van der Waals surface area contributed by atoms with Crippen molar-refractivity contribution >= 4 is 28.2 Å². The Morgan fingerprint density at radius 3 is 2.79 bits per heavy atom. The average molecular weight is 268 g/mol. The van der Waals surface area contributed by atoms with Crippen molar-refractivity contribution in [3.63, 3.8) is 0 Å². The van der Waals surface area contributed by atoms with E-state index in [0.29, 0.717) is 4.99 Å². The van der Waals surface area contributed by atoms with Gasteiger partial charge in [-0.15, -0.1) is 5.10 Å². The van der Waals surface area contributed by atoms with E-state index in [2.05, 4.69) is 10.3 Å². The maximum Gasteiger partial charge on any atom is 0.113 e. The minimum Gasteiger partial charge on any atom is -0.389 e. The van der Waals surface area contributed by atoms with Gasteiger partial charge < -0.3 is 5.73 Å². The Labute approximate surface area is 115 Å². The zero-order valence-electron chi connectivity index (χ0n) is 10.4. The third kappa shape index (κ3) is 1.98. The Balaban J connectivity index is 2.32. The first kappa shape index (κ1) is 11.8. The molecule has 0 aliphatic heterocycles. The molecule has 0 saturated heterocycles. The van der Waals surface area contributed by atoms with Gasteiger partial charge in [-0.25, -0.2) is 4.68 Å². The van der Waals surface area contributed by atoms with E-state index in [9.17, 15) is 0 Å². The van der Waals surface area contributed by atoms with Crippen LogP contribution < -0.4 is 5.73 Å². The summed E-state index contributed by atoms with van der Waals surface area (Å²) in [7, 11) is 0. The van der Waals surface area contributed by atoms with Crippen LogP contribution in [0.15, 0.2) is 42.5 Å². The molecule has 2 aromatic carbocycles. The monoisotopic (exact) mass is 268 g/mol. The first-order valence-electron chi connectivity index (χ1n) is 5.88. The van der Waals surface area contributed by atoms with Crippen LogP contribution in [0, 0.1) is 6.92 Å². The summed E-state index contributed by atoms with van der Waals surface area (Å²) < 4.78 is 1.77. The SMILES string of the molecule is Cc1ccc(C(N)=S)c(-n2nnc3ccccc32)c1. The number of fused-ring (bicyclic) bond motifs is 1. The number of hydrogen-bond donors (Lipinski definition) is 1. The number of para-hydroxylation sites is 1. The molecule has 0 saturated carbocycles. The Kier molecular flexibility index (Phi) is 2.76. The molecule has 4 nitrogen and oxygen atoms in total. The molecule has 0 spiro atoms. The standard InChI is InChI=1S/C14H12N4S/c1-9-6-7-10(14(15)19)13(8-9)18-12-5-3-2-4-11(12)16-17-18/h2-8H,1H3,(H2,15,19). The second kappa shape index (κ2) is 4.44. The molecule has 0 atom stereocenters. The van der Waals surface area contributed by atoms with E-state index >= 15 is 0 Å². The lowest BCUT2D eigenvalue weighted by Crippen LogP contribution is -2.14. The summed E-state index contributed by atoms with van der Waals surface area (Å²) in [6.07, 6.45) is 0. The summed E-state index contributed by atoms with van der Waals surface area (Å²) >= 11 is 5.11. The normalized spacial score (nSPS) is 10.8. The van der Waals surface area contributed by atoms with Crippen LogP contribution in [0.2, 0.25) is 0 Å². The number of rotatable bonds is 2. The second-order valence-corrected chi connectivity index (χ2v) is 4.81. The minimum atomic E-state index is 0.356. The van der Waals surface area contributed by atoms with Crippen LogP contribution in [0.5, 0.6) is 0 Å². The minimum absolute atomic E-state index is 0.356. The van der Waals surface area contributed by atoms with E-state index in [-0.39, 0.29) is 0 Å². The van der Waals surface area contributed by atoms with Gasteiger partial charge in [-0.05, 0) is 36.8 Å². The van der Waals surface area contributed by atoms with E-state index in [4.69, 9.17) is 18.0 Å². The summed E-state index contributed by atoms with van der Waals surface area (Å²) in [6.45, 7) is 2.02. The number of aromatic nitrogens is 3. The Morgan fingerprint density at radius 2 is 2.00 bits per heavy atom. The Hall–Kier alpha value is -2.27. The summed E-state index contributed by atoms with van der Waals surface area (Å²) in [5.74, 6) is 0. The van der Waals surface area contributed by atoms with Gasteiger partial charge in [0.15, 0.2) is 0 Å². The molecule has 3 aromatic rings. The number of aryl methyl sites for hydroxylation is 1. The molecule has 3 rings (SSSR count). The highest BCUT2D eigenvalue weighted by atomic mass is 32.1. The van der Waals surface area contributed by atoms with E-state index in [1.807, 2.05) is 49.4 Å². The molecule has 1 aromatic heterocycles. The smallest absolute Gasteiger partial charge is 0.113 e. The molecule has 0 aliphatic carbocycles. The van der Waals surface area contributed by atoms with Gasteiger partial charge in [0, 0.05) is 5.56 Å². The molecular formula is C14H12N4S. The average Bonchev–Trinajstić information content (AvgIpc) is 2.82. The number of nitrogens with two attached hydrogens (primary N) is 1. The van der Waals surface area contributed by atoms with Gasteiger partial charge in [0.25, 0.3) is 0 Å². The van der Waals surface area contributed by atoms with Gasteiger partial charge in [0.05, 0.1) is 11.2 Å². The lowest BCUT2D eigenvalue weighted by Gasteiger charge is -2.09. The fourth-order valence-electron chi connectivity index (χ4n) is 2.07. The Morgan fingerprint density at radius 1 is 1.21 bits per heavy atom. The van der Waals surface area contributed by atoms with Crippen LogP contribution in [-0.2, 0) is 0 Å². The zero-order chi connectivity index (χ0) is 13.4. The first-order valence-corrected chi connectivity index (χ1v) is 6.29. The molecule has 1 heterocycles. The predicted octanol–water partition coefficient (Wildman–Crippen LogP) is 2.36. The number of benzene rings is 2. The molecule has 0 unspecified atom stereocenters. The highest BCUT2D eigenvalue weighted by Crippen LogP contribution is 2.20. The lowest BCUT2D eigenvalue weighted by atomic mass is 10.1. The van der Waals surface area contributed by atoms with Gasteiger partial charge in [-0.1, -0.05) is 35.6 Å². The molecule has 2 N–H and O–H groups in total. The van der Waals surface area contributed by atoms with Crippen molar-refractivity contribution in [3.8, 4) is 5.69 Å². The van der Waals surface area contributed by atoms with Gasteiger partial charge in [-0.2, -0.15) is 0 Å². The van der Waals surface area contributed by atoms with E-state index in [1.54, 1.807) is 4.68 Å². The quantitative estimate of drug-likeness (QED) is 0.725. The van der Waals surface area contributed by atoms with Crippen molar-refractivity contribution in [2.24, 2.45) is 5.73 Å². The molecule has 94 valence electrons. The maximum atomic E-state index is 5.78. The molecule has 0 bridgehead atoms. The van der Waals surface area contributed by atoms with Crippen molar-refractivity contribution in [1.29, 1.82) is 0 Å². The fourth-order valence-corrected chi connectivity index (χ4v) is 2.24. The van der Waals surface area contributed by atoms with Gasteiger partial charge in [0.1, 0.15) is 10.5 Å². The molecule has 0 radical (unpaired) electrons. The number of hydrogen-bond acceptors (Lipinski definition) is 3.